The van der Waals surface area contributed by atoms with Crippen molar-refractivity contribution in [3.8, 4) is 5.69 Å². The van der Waals surface area contributed by atoms with Crippen LogP contribution >= 0.6 is 0 Å². The SMILES string of the molecule is Cc1cccc(N(CC(=O)N/N=C\c2cc(C)n(-c3ccccc3C(F)(F)F)c2C)S(=O)(=O)c2ccccc2)c1. The summed E-state index contributed by atoms with van der Waals surface area (Å²) in [4.78, 5) is 12.9. The second-order valence-corrected chi connectivity index (χ2v) is 11.0. The number of nitrogens with zero attached hydrogens (tertiary/aromatic N) is 3. The van der Waals surface area contributed by atoms with Gasteiger partial charge in [0, 0.05) is 17.0 Å². The van der Waals surface area contributed by atoms with Gasteiger partial charge in [0.05, 0.1) is 28.0 Å². The summed E-state index contributed by atoms with van der Waals surface area (Å²) in [5.74, 6) is -0.700. The average molecular weight is 569 g/mol. The number of carbonyl (C=O) groups is 1. The predicted molar refractivity (Wildman–Crippen MR) is 148 cm³/mol. The Hall–Kier alpha value is -4.38. The second kappa shape index (κ2) is 11.4. The zero-order valence-electron chi connectivity index (χ0n) is 22.0. The lowest BCUT2D eigenvalue weighted by Gasteiger charge is -2.24. The summed E-state index contributed by atoms with van der Waals surface area (Å²) in [6, 6.07) is 21.4. The summed E-state index contributed by atoms with van der Waals surface area (Å²) in [5, 5.41) is 3.96. The molecule has 7 nitrogen and oxygen atoms in total. The number of anilines is 1. The number of hydrazone groups is 1. The summed E-state index contributed by atoms with van der Waals surface area (Å²) >= 11 is 0. The zero-order chi connectivity index (χ0) is 29.1. The number of nitrogens with one attached hydrogen (secondary N) is 1. The molecular formula is C29H27F3N4O3S. The standard InChI is InChI=1S/C29H27F3N4O3S/c1-20-10-9-11-24(16-20)35(40(38,39)25-12-5-4-6-13-25)19-28(37)34-33-18-23-17-21(2)36(22(23)3)27-15-8-7-14-26(27)29(30,31)32/h4-18H,19H2,1-3H3,(H,34,37)/b33-18-. The van der Waals surface area contributed by atoms with E-state index in [1.54, 1.807) is 56.3 Å². The first-order chi connectivity index (χ1) is 18.9. The highest BCUT2D eigenvalue weighted by atomic mass is 32.2. The van der Waals surface area contributed by atoms with E-state index >= 15 is 0 Å². The Kier molecular flexibility index (Phi) is 8.15. The van der Waals surface area contributed by atoms with Gasteiger partial charge < -0.3 is 4.57 Å². The van der Waals surface area contributed by atoms with Crippen LogP contribution in [0.1, 0.15) is 28.1 Å². The number of carbonyl (C=O) groups excluding carboxylic acids is 1. The highest BCUT2D eigenvalue weighted by Gasteiger charge is 2.34. The van der Waals surface area contributed by atoms with Crippen molar-refractivity contribution < 1.29 is 26.4 Å². The summed E-state index contributed by atoms with van der Waals surface area (Å²) in [5.41, 5.74) is 4.19. The maximum atomic E-state index is 13.6. The van der Waals surface area contributed by atoms with Gasteiger partial charge in [-0.3, -0.25) is 9.10 Å². The Labute approximate surface area is 230 Å². The average Bonchev–Trinajstić information content (AvgIpc) is 3.19. The van der Waals surface area contributed by atoms with E-state index in [0.29, 0.717) is 22.6 Å². The maximum absolute atomic E-state index is 13.6. The van der Waals surface area contributed by atoms with Crippen LogP contribution in [0.3, 0.4) is 0 Å². The Morgan fingerprint density at radius 2 is 1.62 bits per heavy atom. The highest BCUT2D eigenvalue weighted by molar-refractivity contribution is 7.92. The Morgan fingerprint density at radius 1 is 0.950 bits per heavy atom. The molecule has 11 heteroatoms. The molecule has 1 amide bonds. The number of rotatable bonds is 8. The molecule has 0 bridgehead atoms. The van der Waals surface area contributed by atoms with E-state index < -0.39 is 34.2 Å². The van der Waals surface area contributed by atoms with E-state index in [4.69, 9.17) is 0 Å². The van der Waals surface area contributed by atoms with Gasteiger partial charge >= 0.3 is 6.18 Å². The van der Waals surface area contributed by atoms with E-state index in [0.717, 1.165) is 15.9 Å². The number of aryl methyl sites for hydroxylation is 2. The fraction of sp³-hybridized carbons (Fsp3) is 0.172. The van der Waals surface area contributed by atoms with Gasteiger partial charge in [0.2, 0.25) is 0 Å². The van der Waals surface area contributed by atoms with Crippen molar-refractivity contribution in [2.75, 3.05) is 10.8 Å². The molecule has 208 valence electrons. The highest BCUT2D eigenvalue weighted by Crippen LogP contribution is 2.35. The van der Waals surface area contributed by atoms with Crippen LogP contribution in [0, 0.1) is 20.8 Å². The van der Waals surface area contributed by atoms with Gasteiger partial charge in [0.15, 0.2) is 0 Å². The van der Waals surface area contributed by atoms with Crippen LogP contribution in [0.2, 0.25) is 0 Å². The van der Waals surface area contributed by atoms with Gasteiger partial charge in [0.25, 0.3) is 15.9 Å². The largest absolute Gasteiger partial charge is 0.418 e. The molecule has 0 aliphatic carbocycles. The Bertz CT molecular complexity index is 1660. The lowest BCUT2D eigenvalue weighted by Crippen LogP contribution is -2.39. The molecule has 0 fully saturated rings. The number of halogens is 3. The van der Waals surface area contributed by atoms with Crippen molar-refractivity contribution >= 4 is 27.8 Å². The number of para-hydroxylation sites is 1. The van der Waals surface area contributed by atoms with Gasteiger partial charge in [0.1, 0.15) is 6.54 Å². The molecule has 4 aromatic rings. The van der Waals surface area contributed by atoms with E-state index in [-0.39, 0.29) is 10.6 Å². The molecule has 0 atom stereocenters. The van der Waals surface area contributed by atoms with Crippen molar-refractivity contribution in [3.05, 3.63) is 113 Å². The smallest absolute Gasteiger partial charge is 0.317 e. The summed E-state index contributed by atoms with van der Waals surface area (Å²) in [6.07, 6.45) is -3.22. The third-order valence-corrected chi connectivity index (χ3v) is 8.01. The van der Waals surface area contributed by atoms with Crippen molar-refractivity contribution in [3.63, 3.8) is 0 Å². The minimum absolute atomic E-state index is 0.0198. The number of alkyl halides is 3. The predicted octanol–water partition coefficient (Wildman–Crippen LogP) is 5.77. The van der Waals surface area contributed by atoms with Gasteiger partial charge in [-0.1, -0.05) is 42.5 Å². The van der Waals surface area contributed by atoms with E-state index in [1.165, 1.54) is 41.1 Å². The third-order valence-electron chi connectivity index (χ3n) is 6.22. The first-order valence-corrected chi connectivity index (χ1v) is 13.7. The molecule has 0 saturated carbocycles. The molecule has 0 saturated heterocycles. The second-order valence-electron chi connectivity index (χ2n) is 9.13. The molecule has 0 aliphatic rings. The van der Waals surface area contributed by atoms with Crippen molar-refractivity contribution in [1.29, 1.82) is 0 Å². The van der Waals surface area contributed by atoms with Crippen LogP contribution < -0.4 is 9.73 Å². The van der Waals surface area contributed by atoms with Crippen molar-refractivity contribution in [2.45, 2.75) is 31.8 Å². The van der Waals surface area contributed by atoms with Crippen LogP contribution in [0.25, 0.3) is 5.69 Å². The number of hydrogen-bond acceptors (Lipinski definition) is 4. The maximum Gasteiger partial charge on any atom is 0.418 e. The lowest BCUT2D eigenvalue weighted by atomic mass is 10.1. The van der Waals surface area contributed by atoms with Crippen molar-refractivity contribution in [1.82, 2.24) is 9.99 Å². The molecule has 0 spiro atoms. The van der Waals surface area contributed by atoms with Crippen LogP contribution in [-0.4, -0.2) is 31.7 Å². The topological polar surface area (TPSA) is 83.8 Å². The van der Waals surface area contributed by atoms with Crippen molar-refractivity contribution in [2.24, 2.45) is 5.10 Å². The van der Waals surface area contributed by atoms with Crippen LogP contribution in [-0.2, 0) is 21.0 Å². The van der Waals surface area contributed by atoms with E-state index in [2.05, 4.69) is 10.5 Å². The number of benzene rings is 3. The number of sulfonamides is 1. The van der Waals surface area contributed by atoms with Crippen LogP contribution in [0.15, 0.2) is 94.9 Å². The van der Waals surface area contributed by atoms with E-state index in [9.17, 15) is 26.4 Å². The van der Waals surface area contributed by atoms with Crippen LogP contribution in [0.4, 0.5) is 18.9 Å². The summed E-state index contributed by atoms with van der Waals surface area (Å²) < 4.78 is 70.1. The number of amides is 1. The Morgan fingerprint density at radius 3 is 2.30 bits per heavy atom. The third kappa shape index (κ3) is 6.09. The lowest BCUT2D eigenvalue weighted by molar-refractivity contribution is -0.137. The first-order valence-electron chi connectivity index (χ1n) is 12.2. The quantitative estimate of drug-likeness (QED) is 0.217. The van der Waals surface area contributed by atoms with Gasteiger partial charge in [-0.2, -0.15) is 18.3 Å². The molecule has 0 aliphatic heterocycles. The molecule has 1 aromatic heterocycles. The number of aromatic nitrogens is 1. The fourth-order valence-corrected chi connectivity index (χ4v) is 5.79. The zero-order valence-corrected chi connectivity index (χ0v) is 22.8. The van der Waals surface area contributed by atoms with Crippen LogP contribution in [0.5, 0.6) is 0 Å². The number of hydrogen-bond donors (Lipinski definition) is 1. The molecule has 4 rings (SSSR count). The molecule has 0 unspecified atom stereocenters. The minimum atomic E-state index is -4.54. The molecule has 1 heterocycles. The summed E-state index contributed by atoms with van der Waals surface area (Å²) in [6.45, 7) is 4.58. The monoisotopic (exact) mass is 568 g/mol. The van der Waals surface area contributed by atoms with Gasteiger partial charge in [-0.25, -0.2) is 13.8 Å². The minimum Gasteiger partial charge on any atom is -0.317 e. The Balaban J connectivity index is 1.57. The van der Waals surface area contributed by atoms with E-state index in [1.807, 2.05) is 13.0 Å². The van der Waals surface area contributed by atoms with Gasteiger partial charge in [-0.15, -0.1) is 0 Å². The normalized spacial score (nSPS) is 12.1. The molecule has 1 N–H and O–H groups in total. The van der Waals surface area contributed by atoms with Gasteiger partial charge in [-0.05, 0) is 68.8 Å². The molecule has 3 aromatic carbocycles. The summed E-state index contributed by atoms with van der Waals surface area (Å²) in [7, 11) is -4.07. The molecular weight excluding hydrogens is 541 g/mol. The first kappa shape index (κ1) is 28.6. The molecule has 0 radical (unpaired) electrons. The molecule has 40 heavy (non-hydrogen) atoms. The fourth-order valence-electron chi connectivity index (χ4n) is 4.35.